The van der Waals surface area contributed by atoms with Crippen molar-refractivity contribution in [1.29, 1.82) is 0 Å². The Morgan fingerprint density at radius 3 is 2.62 bits per heavy atom. The van der Waals surface area contributed by atoms with Crippen molar-refractivity contribution in [2.45, 2.75) is 31.0 Å². The summed E-state index contributed by atoms with van der Waals surface area (Å²) in [5.41, 5.74) is 0.320. The quantitative estimate of drug-likeness (QED) is 0.716. The van der Waals surface area contributed by atoms with Gasteiger partial charge < -0.3 is 19.5 Å². The van der Waals surface area contributed by atoms with E-state index in [9.17, 15) is 9.90 Å². The molecule has 0 bridgehead atoms. The number of ether oxygens (including phenoxy) is 2. The normalized spacial score (nSPS) is 24.3. The summed E-state index contributed by atoms with van der Waals surface area (Å²) in [5.74, 6) is 0.277. The van der Waals surface area contributed by atoms with Gasteiger partial charge in [-0.3, -0.25) is 0 Å². The third-order valence-electron chi connectivity index (χ3n) is 5.58. The van der Waals surface area contributed by atoms with E-state index in [1.54, 1.807) is 31.4 Å². The third kappa shape index (κ3) is 5.10. The SMILES string of the molecule is COc1cccc(C2(O)CCC(OC(=O)c3ccc(Cl)cc3)CC2CN(C)C)c1. The van der Waals surface area contributed by atoms with Crippen molar-refractivity contribution in [3.8, 4) is 5.75 Å². The number of aliphatic hydroxyl groups is 1. The van der Waals surface area contributed by atoms with Gasteiger partial charge in [0.1, 0.15) is 11.9 Å². The van der Waals surface area contributed by atoms with Crippen LogP contribution in [0.1, 0.15) is 35.2 Å². The first-order valence-corrected chi connectivity index (χ1v) is 10.2. The molecule has 0 spiro atoms. The number of hydrogen-bond donors (Lipinski definition) is 1. The Morgan fingerprint density at radius 2 is 1.97 bits per heavy atom. The third-order valence-corrected chi connectivity index (χ3v) is 5.83. The average Bonchev–Trinajstić information content (AvgIpc) is 2.70. The standard InChI is InChI=1S/C23H28ClNO4/c1-25(2)15-18-14-21(29-22(26)16-7-9-19(24)10-8-16)11-12-23(18,27)17-5-4-6-20(13-17)28-3/h4-10,13,18,21,27H,11-12,14-15H2,1-3H3. The van der Waals surface area contributed by atoms with Gasteiger partial charge in [-0.2, -0.15) is 0 Å². The summed E-state index contributed by atoms with van der Waals surface area (Å²) in [6.45, 7) is 0.683. The lowest BCUT2D eigenvalue weighted by atomic mass is 9.70. The van der Waals surface area contributed by atoms with Crippen molar-refractivity contribution in [2.75, 3.05) is 27.7 Å². The molecule has 1 aliphatic carbocycles. The molecule has 1 saturated carbocycles. The highest BCUT2D eigenvalue weighted by atomic mass is 35.5. The molecule has 2 aromatic carbocycles. The number of halogens is 1. The smallest absolute Gasteiger partial charge is 0.338 e. The van der Waals surface area contributed by atoms with E-state index in [4.69, 9.17) is 21.1 Å². The maximum Gasteiger partial charge on any atom is 0.338 e. The lowest BCUT2D eigenvalue weighted by molar-refractivity contribution is -0.0960. The first-order valence-electron chi connectivity index (χ1n) is 9.80. The molecule has 5 nitrogen and oxygen atoms in total. The molecule has 1 fully saturated rings. The van der Waals surface area contributed by atoms with E-state index in [1.807, 2.05) is 38.4 Å². The van der Waals surface area contributed by atoms with Crippen molar-refractivity contribution in [2.24, 2.45) is 5.92 Å². The summed E-state index contributed by atoms with van der Waals surface area (Å²) in [7, 11) is 5.58. The van der Waals surface area contributed by atoms with Gasteiger partial charge in [0, 0.05) is 17.5 Å². The molecule has 0 heterocycles. The van der Waals surface area contributed by atoms with Gasteiger partial charge in [0.05, 0.1) is 18.3 Å². The molecule has 29 heavy (non-hydrogen) atoms. The molecular weight excluding hydrogens is 390 g/mol. The molecule has 3 atom stereocenters. The monoisotopic (exact) mass is 417 g/mol. The molecule has 1 N–H and O–H groups in total. The summed E-state index contributed by atoms with van der Waals surface area (Å²) >= 11 is 5.89. The van der Waals surface area contributed by atoms with Gasteiger partial charge in [0.15, 0.2) is 0 Å². The number of carbonyl (C=O) groups is 1. The molecule has 3 rings (SSSR count). The van der Waals surface area contributed by atoms with Crippen molar-refractivity contribution < 1.29 is 19.4 Å². The Balaban J connectivity index is 1.77. The van der Waals surface area contributed by atoms with Crippen LogP contribution in [0.2, 0.25) is 5.02 Å². The van der Waals surface area contributed by atoms with Gasteiger partial charge in [-0.15, -0.1) is 0 Å². The molecule has 2 aromatic rings. The van der Waals surface area contributed by atoms with Gasteiger partial charge in [0.25, 0.3) is 0 Å². The van der Waals surface area contributed by atoms with Gasteiger partial charge >= 0.3 is 5.97 Å². The van der Waals surface area contributed by atoms with Gasteiger partial charge in [-0.05, 0) is 75.3 Å². The van der Waals surface area contributed by atoms with E-state index in [0.29, 0.717) is 36.4 Å². The highest BCUT2D eigenvalue weighted by Crippen LogP contribution is 2.43. The number of benzene rings is 2. The number of hydrogen-bond acceptors (Lipinski definition) is 5. The van der Waals surface area contributed by atoms with E-state index in [-0.39, 0.29) is 18.0 Å². The van der Waals surface area contributed by atoms with Crippen molar-refractivity contribution >= 4 is 17.6 Å². The first kappa shape index (κ1) is 21.6. The second-order valence-corrected chi connectivity index (χ2v) is 8.36. The van der Waals surface area contributed by atoms with Crippen LogP contribution in [-0.4, -0.2) is 49.8 Å². The van der Waals surface area contributed by atoms with E-state index in [0.717, 1.165) is 11.3 Å². The Kier molecular flexibility index (Phi) is 6.83. The molecule has 0 aromatic heterocycles. The Bertz CT molecular complexity index is 839. The van der Waals surface area contributed by atoms with Crippen molar-refractivity contribution in [3.63, 3.8) is 0 Å². The van der Waals surface area contributed by atoms with Crippen LogP contribution in [0, 0.1) is 5.92 Å². The zero-order valence-corrected chi connectivity index (χ0v) is 17.9. The lowest BCUT2D eigenvalue weighted by Crippen LogP contribution is -2.47. The molecule has 0 radical (unpaired) electrons. The van der Waals surface area contributed by atoms with Gasteiger partial charge in [-0.25, -0.2) is 4.79 Å². The molecule has 0 aliphatic heterocycles. The van der Waals surface area contributed by atoms with Crippen LogP contribution in [0.4, 0.5) is 0 Å². The number of rotatable bonds is 6. The molecule has 156 valence electrons. The van der Waals surface area contributed by atoms with Crippen molar-refractivity contribution in [3.05, 3.63) is 64.7 Å². The zero-order valence-electron chi connectivity index (χ0n) is 17.1. The summed E-state index contributed by atoms with van der Waals surface area (Å²) in [4.78, 5) is 14.6. The first-order chi connectivity index (χ1) is 13.8. The van der Waals surface area contributed by atoms with E-state index < -0.39 is 5.60 Å². The fraction of sp³-hybridized carbons (Fsp3) is 0.435. The van der Waals surface area contributed by atoms with Crippen LogP contribution in [0.15, 0.2) is 48.5 Å². The number of methoxy groups -OCH3 is 1. The largest absolute Gasteiger partial charge is 0.497 e. The van der Waals surface area contributed by atoms with E-state index >= 15 is 0 Å². The molecule has 0 saturated heterocycles. The summed E-state index contributed by atoms with van der Waals surface area (Å²) in [6, 6.07) is 14.3. The second kappa shape index (κ2) is 9.16. The Hall–Kier alpha value is -2.08. The van der Waals surface area contributed by atoms with E-state index in [1.165, 1.54) is 0 Å². The van der Waals surface area contributed by atoms with Crippen LogP contribution in [0.25, 0.3) is 0 Å². The Morgan fingerprint density at radius 1 is 1.24 bits per heavy atom. The number of nitrogens with zero attached hydrogens (tertiary/aromatic N) is 1. The average molecular weight is 418 g/mol. The topological polar surface area (TPSA) is 59.0 Å². The molecule has 0 amide bonds. The van der Waals surface area contributed by atoms with E-state index in [2.05, 4.69) is 4.90 Å². The minimum absolute atomic E-state index is 0.0821. The van der Waals surface area contributed by atoms with Crippen LogP contribution in [-0.2, 0) is 10.3 Å². The van der Waals surface area contributed by atoms with Crippen molar-refractivity contribution in [1.82, 2.24) is 4.90 Å². The maximum absolute atomic E-state index is 12.5. The van der Waals surface area contributed by atoms with Gasteiger partial charge in [0.2, 0.25) is 0 Å². The molecule has 3 unspecified atom stereocenters. The van der Waals surface area contributed by atoms with Crippen LogP contribution in [0.3, 0.4) is 0 Å². The minimum atomic E-state index is -0.998. The second-order valence-electron chi connectivity index (χ2n) is 7.92. The van der Waals surface area contributed by atoms with Gasteiger partial charge in [-0.1, -0.05) is 23.7 Å². The summed E-state index contributed by atoms with van der Waals surface area (Å²) in [5, 5.41) is 12.2. The highest BCUT2D eigenvalue weighted by Gasteiger charge is 2.44. The molecule has 6 heteroatoms. The lowest BCUT2D eigenvalue weighted by Gasteiger charge is -2.44. The fourth-order valence-electron chi connectivity index (χ4n) is 4.07. The van der Waals surface area contributed by atoms with Crippen LogP contribution < -0.4 is 4.74 Å². The maximum atomic E-state index is 12.5. The number of carbonyl (C=O) groups excluding carboxylic acids is 1. The summed E-state index contributed by atoms with van der Waals surface area (Å²) in [6.07, 6.45) is 1.45. The molecule has 1 aliphatic rings. The highest BCUT2D eigenvalue weighted by molar-refractivity contribution is 6.30. The summed E-state index contributed by atoms with van der Waals surface area (Å²) < 4.78 is 11.1. The fourth-order valence-corrected chi connectivity index (χ4v) is 4.19. The predicted octanol–water partition coefficient (Wildman–Crippen LogP) is 4.12. The van der Waals surface area contributed by atoms with Crippen LogP contribution in [0.5, 0.6) is 5.75 Å². The molecular formula is C23H28ClNO4. The zero-order chi connectivity index (χ0) is 21.0. The number of esters is 1. The Labute approximate surface area is 177 Å². The predicted molar refractivity (Wildman–Crippen MR) is 113 cm³/mol. The van der Waals surface area contributed by atoms with Crippen LogP contribution >= 0.6 is 11.6 Å². The minimum Gasteiger partial charge on any atom is -0.497 e.